The van der Waals surface area contributed by atoms with Gasteiger partial charge in [-0.1, -0.05) is 0 Å². The predicted octanol–water partition coefficient (Wildman–Crippen LogP) is 4.15. The first-order chi connectivity index (χ1) is 14.2. The number of nitrogens with one attached hydrogen (secondary N) is 1. The molecule has 31 heavy (non-hydrogen) atoms. The molecule has 0 aliphatic rings. The van der Waals surface area contributed by atoms with E-state index in [1.807, 2.05) is 0 Å². The van der Waals surface area contributed by atoms with Crippen LogP contribution in [0.2, 0.25) is 0 Å². The molecular formula is C16H10F7N3O5. The summed E-state index contributed by atoms with van der Waals surface area (Å²) in [5, 5.41) is 13.7. The number of hydrogen-bond acceptors (Lipinski definition) is 6. The van der Waals surface area contributed by atoms with E-state index in [2.05, 4.69) is 5.10 Å². The number of furan rings is 1. The average Bonchev–Trinajstić information content (AvgIpc) is 3.14. The molecule has 0 unspecified atom stereocenters. The lowest BCUT2D eigenvalue weighted by Crippen LogP contribution is -2.58. The summed E-state index contributed by atoms with van der Waals surface area (Å²) in [6, 6.07) is 5.97. The lowest BCUT2D eigenvalue weighted by molar-refractivity contribution is -0.384. The molecule has 15 heteroatoms. The number of carbonyl (C=O) groups is 1. The molecular weight excluding hydrogens is 447 g/mol. The number of methoxy groups -OCH3 is 1. The molecule has 0 atom stereocenters. The number of nitro benzene ring substituents is 1. The summed E-state index contributed by atoms with van der Waals surface area (Å²) in [5.74, 6) is -15.9. The Morgan fingerprint density at radius 2 is 1.81 bits per heavy atom. The molecule has 0 bridgehead atoms. The number of amides is 1. The molecule has 1 aromatic carbocycles. The van der Waals surface area contributed by atoms with Gasteiger partial charge in [-0.2, -0.15) is 35.8 Å². The first kappa shape index (κ1) is 23.6. The fourth-order valence-corrected chi connectivity index (χ4v) is 2.11. The third kappa shape index (κ3) is 4.59. The topological polar surface area (TPSA) is 107 Å². The van der Waals surface area contributed by atoms with Gasteiger partial charge in [-0.3, -0.25) is 14.9 Å². The minimum atomic E-state index is -6.67. The standard InChI is InChI=1S/C16H10F7N3O5/c1-30-12-6-8(26(28)29)2-4-10(12)11-5-3-9(31-11)7-24-25-13(27)14(17,18)15(19,20)16(21,22)23/h2-7H,1H3,(H,25,27)/b24-7-. The summed E-state index contributed by atoms with van der Waals surface area (Å²) >= 11 is 0. The number of benzene rings is 1. The Bertz CT molecular complexity index is 1020. The molecule has 8 nitrogen and oxygen atoms in total. The Hall–Kier alpha value is -3.65. The van der Waals surface area contributed by atoms with Crippen molar-refractivity contribution in [3.8, 4) is 17.1 Å². The van der Waals surface area contributed by atoms with Crippen LogP contribution in [0.1, 0.15) is 5.76 Å². The third-order valence-corrected chi connectivity index (χ3v) is 3.68. The van der Waals surface area contributed by atoms with Crippen molar-refractivity contribution in [2.24, 2.45) is 5.10 Å². The number of carbonyl (C=O) groups excluding carboxylic acids is 1. The Morgan fingerprint density at radius 3 is 2.35 bits per heavy atom. The van der Waals surface area contributed by atoms with Gasteiger partial charge in [-0.25, -0.2) is 5.43 Å². The van der Waals surface area contributed by atoms with Gasteiger partial charge >= 0.3 is 23.9 Å². The average molecular weight is 457 g/mol. The van der Waals surface area contributed by atoms with Crippen molar-refractivity contribution in [1.82, 2.24) is 5.43 Å². The number of hydrazone groups is 1. The van der Waals surface area contributed by atoms with Crippen LogP contribution in [0, 0.1) is 10.1 Å². The zero-order valence-corrected chi connectivity index (χ0v) is 15.0. The van der Waals surface area contributed by atoms with E-state index in [-0.39, 0.29) is 28.5 Å². The van der Waals surface area contributed by atoms with Crippen LogP contribution in [-0.2, 0) is 4.79 Å². The second-order valence-corrected chi connectivity index (χ2v) is 5.69. The van der Waals surface area contributed by atoms with Crippen LogP contribution >= 0.6 is 0 Å². The molecule has 0 saturated heterocycles. The Labute approximate surface area is 167 Å². The Kier molecular flexibility index (Phi) is 6.28. The van der Waals surface area contributed by atoms with Crippen molar-refractivity contribution in [3.05, 3.63) is 46.2 Å². The molecule has 1 aromatic heterocycles. The van der Waals surface area contributed by atoms with Gasteiger partial charge in [0.15, 0.2) is 0 Å². The molecule has 1 N–H and O–H groups in total. The summed E-state index contributed by atoms with van der Waals surface area (Å²) in [6.45, 7) is 0. The molecule has 1 amide bonds. The summed E-state index contributed by atoms with van der Waals surface area (Å²) in [6.07, 6.45) is -6.11. The van der Waals surface area contributed by atoms with Crippen molar-refractivity contribution < 1.29 is 49.6 Å². The molecule has 0 saturated carbocycles. The second kappa shape index (κ2) is 8.23. The van der Waals surface area contributed by atoms with Gasteiger partial charge in [0, 0.05) is 6.07 Å². The Balaban J connectivity index is 2.17. The minimum Gasteiger partial charge on any atom is -0.496 e. The monoisotopic (exact) mass is 457 g/mol. The maximum Gasteiger partial charge on any atom is 0.460 e. The van der Waals surface area contributed by atoms with Gasteiger partial charge in [0.05, 0.1) is 29.9 Å². The molecule has 2 rings (SSSR count). The van der Waals surface area contributed by atoms with Crippen LogP contribution < -0.4 is 10.2 Å². The highest BCUT2D eigenvalue weighted by Crippen LogP contribution is 2.46. The van der Waals surface area contributed by atoms with E-state index >= 15 is 0 Å². The normalized spacial score (nSPS) is 12.8. The summed E-state index contributed by atoms with van der Waals surface area (Å²) < 4.78 is 98.4. The van der Waals surface area contributed by atoms with E-state index in [0.29, 0.717) is 6.21 Å². The van der Waals surface area contributed by atoms with E-state index in [9.17, 15) is 45.6 Å². The lowest BCUT2D eigenvalue weighted by Gasteiger charge is -2.26. The number of nitro groups is 1. The van der Waals surface area contributed by atoms with Crippen LogP contribution in [0.15, 0.2) is 39.9 Å². The van der Waals surface area contributed by atoms with Gasteiger partial charge in [-0.05, 0) is 18.2 Å². The smallest absolute Gasteiger partial charge is 0.460 e. The van der Waals surface area contributed by atoms with E-state index < -0.39 is 28.9 Å². The van der Waals surface area contributed by atoms with Crippen molar-refractivity contribution in [2.75, 3.05) is 7.11 Å². The molecule has 168 valence electrons. The number of ether oxygens (including phenoxy) is 1. The highest BCUT2D eigenvalue weighted by molar-refractivity contribution is 5.86. The van der Waals surface area contributed by atoms with Gasteiger partial charge in [0.25, 0.3) is 5.69 Å². The summed E-state index contributed by atoms with van der Waals surface area (Å²) in [7, 11) is 1.22. The maximum absolute atomic E-state index is 13.2. The molecule has 0 fully saturated rings. The minimum absolute atomic E-state index is 0.0364. The van der Waals surface area contributed by atoms with Crippen molar-refractivity contribution in [1.29, 1.82) is 0 Å². The molecule has 1 heterocycles. The maximum atomic E-state index is 13.2. The van der Waals surface area contributed by atoms with Gasteiger partial charge in [-0.15, -0.1) is 0 Å². The number of non-ortho nitro benzene ring substituents is 1. The highest BCUT2D eigenvalue weighted by Gasteiger charge is 2.76. The molecule has 0 spiro atoms. The van der Waals surface area contributed by atoms with Gasteiger partial charge < -0.3 is 9.15 Å². The zero-order valence-electron chi connectivity index (χ0n) is 15.0. The first-order valence-corrected chi connectivity index (χ1v) is 7.81. The van der Waals surface area contributed by atoms with Crippen LogP contribution in [0.25, 0.3) is 11.3 Å². The molecule has 0 aliphatic carbocycles. The van der Waals surface area contributed by atoms with E-state index in [4.69, 9.17) is 9.15 Å². The van der Waals surface area contributed by atoms with Crippen LogP contribution in [0.3, 0.4) is 0 Å². The molecule has 0 radical (unpaired) electrons. The van der Waals surface area contributed by atoms with Crippen molar-refractivity contribution >= 4 is 17.8 Å². The predicted molar refractivity (Wildman–Crippen MR) is 89.0 cm³/mol. The lowest BCUT2D eigenvalue weighted by atomic mass is 10.1. The Morgan fingerprint density at radius 1 is 1.16 bits per heavy atom. The quantitative estimate of drug-likeness (QED) is 0.291. The van der Waals surface area contributed by atoms with Crippen LogP contribution in [-0.4, -0.2) is 42.2 Å². The van der Waals surface area contributed by atoms with Crippen LogP contribution in [0.4, 0.5) is 36.4 Å². The zero-order chi connectivity index (χ0) is 23.6. The fraction of sp³-hybridized carbons (Fsp3) is 0.250. The highest BCUT2D eigenvalue weighted by atomic mass is 19.4. The number of halogens is 7. The number of rotatable bonds is 7. The van der Waals surface area contributed by atoms with Crippen molar-refractivity contribution in [2.45, 2.75) is 18.0 Å². The third-order valence-electron chi connectivity index (χ3n) is 3.68. The van der Waals surface area contributed by atoms with Gasteiger partial charge in [0.1, 0.15) is 17.3 Å². The molecule has 0 aliphatic heterocycles. The summed E-state index contributed by atoms with van der Waals surface area (Å²) in [5.41, 5.74) is 0.828. The largest absolute Gasteiger partial charge is 0.496 e. The summed E-state index contributed by atoms with van der Waals surface area (Å²) in [4.78, 5) is 21.2. The van der Waals surface area contributed by atoms with Crippen LogP contribution in [0.5, 0.6) is 5.75 Å². The number of nitrogens with zero attached hydrogens (tertiary/aromatic N) is 2. The van der Waals surface area contributed by atoms with Crippen molar-refractivity contribution in [3.63, 3.8) is 0 Å². The first-order valence-electron chi connectivity index (χ1n) is 7.81. The van der Waals surface area contributed by atoms with Gasteiger partial charge in [0.2, 0.25) is 0 Å². The molecule has 2 aromatic rings. The second-order valence-electron chi connectivity index (χ2n) is 5.69. The van der Waals surface area contributed by atoms with E-state index in [0.717, 1.165) is 17.6 Å². The fourth-order valence-electron chi connectivity index (χ4n) is 2.11. The number of alkyl halides is 7. The number of hydrogen-bond donors (Lipinski definition) is 1. The van der Waals surface area contributed by atoms with E-state index in [1.165, 1.54) is 25.3 Å². The SMILES string of the molecule is COc1cc([N+](=O)[O-])ccc1-c1ccc(/C=N\NC(=O)C(F)(F)C(F)(F)C(F)(F)F)o1. The van der Waals surface area contributed by atoms with E-state index in [1.54, 1.807) is 0 Å².